The molecular formula is C14H23ClN2O3S. The number of carbonyl (C=O) groups is 1. The number of hydrogen-bond donors (Lipinski definition) is 2. The molecule has 1 fully saturated rings. The van der Waals surface area contributed by atoms with E-state index in [1.165, 1.54) is 11.3 Å². The van der Waals surface area contributed by atoms with Gasteiger partial charge in [0.05, 0.1) is 25.4 Å². The summed E-state index contributed by atoms with van der Waals surface area (Å²) in [6.45, 7) is 3.44. The van der Waals surface area contributed by atoms with Crippen LogP contribution in [0.25, 0.3) is 0 Å². The number of thiophene rings is 1. The molecule has 1 aliphatic rings. The van der Waals surface area contributed by atoms with Crippen LogP contribution in [0.3, 0.4) is 0 Å². The summed E-state index contributed by atoms with van der Waals surface area (Å²) in [6.07, 6.45) is 0.295. The van der Waals surface area contributed by atoms with Gasteiger partial charge >= 0.3 is 0 Å². The molecule has 0 saturated carbocycles. The van der Waals surface area contributed by atoms with Crippen LogP contribution in [0.1, 0.15) is 30.7 Å². The zero-order valence-electron chi connectivity index (χ0n) is 12.1. The Bertz CT molecular complexity index is 428. The topological polar surface area (TPSA) is 75.8 Å². The number of nitrogens with zero attached hydrogens (tertiary/aromatic N) is 1. The predicted octanol–water partition coefficient (Wildman–Crippen LogP) is 1.56. The molecule has 0 radical (unpaired) electrons. The minimum atomic E-state index is -0.549. The first-order chi connectivity index (χ1) is 9.58. The lowest BCUT2D eigenvalue weighted by Gasteiger charge is -2.37. The summed E-state index contributed by atoms with van der Waals surface area (Å²) < 4.78 is 5.45. The van der Waals surface area contributed by atoms with Gasteiger partial charge in [0, 0.05) is 30.3 Å². The number of ether oxygens (including phenoxy) is 1. The van der Waals surface area contributed by atoms with E-state index in [-0.39, 0.29) is 30.4 Å². The molecule has 3 N–H and O–H groups in total. The van der Waals surface area contributed by atoms with Crippen molar-refractivity contribution in [3.8, 4) is 0 Å². The second kappa shape index (κ2) is 8.70. The van der Waals surface area contributed by atoms with Gasteiger partial charge in [0.1, 0.15) is 0 Å². The number of nitrogens with two attached hydrogens (primary N) is 1. The highest BCUT2D eigenvalue weighted by Crippen LogP contribution is 2.26. The molecule has 2 rings (SSSR count). The number of rotatable bonds is 5. The Labute approximate surface area is 135 Å². The second-order valence-corrected chi connectivity index (χ2v) is 6.24. The Balaban J connectivity index is 0.00000220. The van der Waals surface area contributed by atoms with Gasteiger partial charge < -0.3 is 20.5 Å². The molecule has 1 aromatic rings. The van der Waals surface area contributed by atoms with Crippen LogP contribution in [0.5, 0.6) is 0 Å². The molecule has 21 heavy (non-hydrogen) atoms. The van der Waals surface area contributed by atoms with Crippen molar-refractivity contribution in [1.82, 2.24) is 4.90 Å². The molecule has 1 aromatic heterocycles. The lowest BCUT2D eigenvalue weighted by Crippen LogP contribution is -2.50. The van der Waals surface area contributed by atoms with Crippen molar-refractivity contribution >= 4 is 29.7 Å². The maximum Gasteiger partial charge on any atom is 0.224 e. The largest absolute Gasteiger partial charge is 0.387 e. The molecule has 0 spiro atoms. The molecule has 0 bridgehead atoms. The van der Waals surface area contributed by atoms with E-state index in [2.05, 4.69) is 0 Å². The van der Waals surface area contributed by atoms with Gasteiger partial charge in [0.15, 0.2) is 0 Å². The maximum absolute atomic E-state index is 12.2. The fourth-order valence-corrected chi connectivity index (χ4v) is 3.15. The first-order valence-electron chi connectivity index (χ1n) is 6.92. The highest BCUT2D eigenvalue weighted by molar-refractivity contribution is 7.10. The van der Waals surface area contributed by atoms with Gasteiger partial charge in [-0.15, -0.1) is 23.7 Å². The van der Waals surface area contributed by atoms with Crippen molar-refractivity contribution in [3.05, 3.63) is 22.4 Å². The van der Waals surface area contributed by atoms with E-state index in [4.69, 9.17) is 10.5 Å². The van der Waals surface area contributed by atoms with E-state index in [1.54, 1.807) is 0 Å². The van der Waals surface area contributed by atoms with Crippen molar-refractivity contribution in [3.63, 3.8) is 0 Å². The zero-order valence-corrected chi connectivity index (χ0v) is 13.7. The van der Waals surface area contributed by atoms with Crippen LogP contribution in [0, 0.1) is 0 Å². The van der Waals surface area contributed by atoms with Gasteiger partial charge in [-0.3, -0.25) is 4.79 Å². The number of aliphatic hydroxyl groups excluding tert-OH is 1. The summed E-state index contributed by atoms with van der Waals surface area (Å²) in [5.41, 5.74) is 5.70. The summed E-state index contributed by atoms with van der Waals surface area (Å²) in [5.74, 6) is 0.0479. The second-order valence-electron chi connectivity index (χ2n) is 5.26. The first kappa shape index (κ1) is 18.4. The summed E-state index contributed by atoms with van der Waals surface area (Å²) in [6, 6.07) is 3.60. The molecule has 1 aliphatic heterocycles. The van der Waals surface area contributed by atoms with Gasteiger partial charge in [-0.2, -0.15) is 0 Å². The van der Waals surface area contributed by atoms with Crippen LogP contribution in [-0.4, -0.2) is 47.8 Å². The standard InChI is InChI=1S/C14H22N2O3S.ClH/c1-10(15)7-14(18)16-4-5-19-9-11(16)8-12(17)13-3-2-6-20-13;/h2-3,6,10-12,17H,4-5,7-9,15H2,1H3;1H. The number of amides is 1. The van der Waals surface area contributed by atoms with E-state index >= 15 is 0 Å². The summed E-state index contributed by atoms with van der Waals surface area (Å²) in [7, 11) is 0. The van der Waals surface area contributed by atoms with Crippen LogP contribution >= 0.6 is 23.7 Å². The molecule has 1 saturated heterocycles. The molecule has 3 unspecified atom stereocenters. The highest BCUT2D eigenvalue weighted by atomic mass is 35.5. The van der Waals surface area contributed by atoms with E-state index in [9.17, 15) is 9.90 Å². The monoisotopic (exact) mass is 334 g/mol. The molecule has 1 amide bonds. The fourth-order valence-electron chi connectivity index (χ4n) is 2.43. The average Bonchev–Trinajstić information content (AvgIpc) is 2.92. The Kier molecular flexibility index (Phi) is 7.62. The molecule has 0 aromatic carbocycles. The number of aliphatic hydroxyl groups is 1. The Hall–Kier alpha value is -0.660. The Morgan fingerprint density at radius 1 is 1.67 bits per heavy atom. The summed E-state index contributed by atoms with van der Waals surface area (Å²) >= 11 is 1.53. The van der Waals surface area contributed by atoms with Crippen LogP contribution in [-0.2, 0) is 9.53 Å². The highest BCUT2D eigenvalue weighted by Gasteiger charge is 2.29. The van der Waals surface area contributed by atoms with Gasteiger partial charge in [-0.25, -0.2) is 0 Å². The average molecular weight is 335 g/mol. The van der Waals surface area contributed by atoms with Crippen LogP contribution in [0.4, 0.5) is 0 Å². The zero-order chi connectivity index (χ0) is 14.5. The van der Waals surface area contributed by atoms with E-state index in [0.717, 1.165) is 4.88 Å². The smallest absolute Gasteiger partial charge is 0.224 e. The van der Waals surface area contributed by atoms with Crippen molar-refractivity contribution in [2.75, 3.05) is 19.8 Å². The third kappa shape index (κ3) is 5.23. The quantitative estimate of drug-likeness (QED) is 0.856. The van der Waals surface area contributed by atoms with Crippen LogP contribution < -0.4 is 5.73 Å². The van der Waals surface area contributed by atoms with Gasteiger partial charge in [0.2, 0.25) is 5.91 Å². The van der Waals surface area contributed by atoms with Crippen LogP contribution in [0.15, 0.2) is 17.5 Å². The molecule has 0 aliphatic carbocycles. The number of carbonyl (C=O) groups excluding carboxylic acids is 1. The van der Waals surface area contributed by atoms with Crippen LogP contribution in [0.2, 0.25) is 0 Å². The lowest BCUT2D eigenvalue weighted by atomic mass is 10.0. The fraction of sp³-hybridized carbons (Fsp3) is 0.643. The number of hydrogen-bond acceptors (Lipinski definition) is 5. The lowest BCUT2D eigenvalue weighted by molar-refractivity contribution is -0.141. The molecular weight excluding hydrogens is 312 g/mol. The minimum absolute atomic E-state index is 0. The molecule has 5 nitrogen and oxygen atoms in total. The Morgan fingerprint density at radius 2 is 2.43 bits per heavy atom. The molecule has 7 heteroatoms. The SMILES string of the molecule is CC(N)CC(=O)N1CCOCC1CC(O)c1cccs1.Cl. The molecule has 2 heterocycles. The normalized spacial score (nSPS) is 21.5. The van der Waals surface area contributed by atoms with Gasteiger partial charge in [-0.1, -0.05) is 6.07 Å². The van der Waals surface area contributed by atoms with Gasteiger partial charge in [-0.05, 0) is 18.4 Å². The summed E-state index contributed by atoms with van der Waals surface area (Å²) in [4.78, 5) is 14.9. The maximum atomic E-state index is 12.2. The number of morpholine rings is 1. The van der Waals surface area contributed by atoms with Crippen molar-refractivity contribution in [2.24, 2.45) is 5.73 Å². The first-order valence-corrected chi connectivity index (χ1v) is 7.80. The number of halogens is 1. The van der Waals surface area contributed by atoms with Crippen molar-refractivity contribution < 1.29 is 14.6 Å². The van der Waals surface area contributed by atoms with E-state index < -0.39 is 6.10 Å². The molecule has 120 valence electrons. The van der Waals surface area contributed by atoms with Gasteiger partial charge in [0.25, 0.3) is 0 Å². The molecule has 3 atom stereocenters. The minimum Gasteiger partial charge on any atom is -0.387 e. The predicted molar refractivity (Wildman–Crippen MR) is 85.7 cm³/mol. The van der Waals surface area contributed by atoms with Crippen molar-refractivity contribution in [1.29, 1.82) is 0 Å². The summed E-state index contributed by atoms with van der Waals surface area (Å²) in [5, 5.41) is 12.2. The van der Waals surface area contributed by atoms with E-state index in [0.29, 0.717) is 32.6 Å². The Morgan fingerprint density at radius 3 is 3.05 bits per heavy atom. The van der Waals surface area contributed by atoms with Crippen molar-refractivity contribution in [2.45, 2.75) is 38.0 Å². The van der Waals surface area contributed by atoms with E-state index in [1.807, 2.05) is 29.3 Å². The third-order valence-electron chi connectivity index (χ3n) is 3.41. The third-order valence-corrected chi connectivity index (χ3v) is 4.38.